The van der Waals surface area contributed by atoms with Crippen LogP contribution in [-0.4, -0.2) is 24.5 Å². The molecule has 1 aromatic carbocycles. The second-order valence-electron chi connectivity index (χ2n) is 6.78. The summed E-state index contributed by atoms with van der Waals surface area (Å²) in [6, 6.07) is 8.15. The first kappa shape index (κ1) is 15.3. The molecule has 0 amide bonds. The molecule has 5 heteroatoms. The van der Waals surface area contributed by atoms with E-state index in [9.17, 15) is 0 Å². The topological polar surface area (TPSA) is 56.5 Å². The number of rotatable bonds is 2. The standard InChI is InChI=1S/C18H21N5/c1-12-10-23(5)16(21-12)14-8-6-7-13(9-14)15-19-11-20-17(22-15)18(2,3)4/h6-11H,1-5H3. The molecule has 2 aromatic heterocycles. The van der Waals surface area contributed by atoms with Crippen molar-refractivity contribution in [3.05, 3.63) is 48.3 Å². The average Bonchev–Trinajstić information content (AvgIpc) is 2.85. The van der Waals surface area contributed by atoms with Crippen molar-refractivity contribution in [2.45, 2.75) is 33.1 Å². The van der Waals surface area contributed by atoms with Crippen LogP contribution in [0.2, 0.25) is 0 Å². The van der Waals surface area contributed by atoms with Crippen molar-refractivity contribution in [3.63, 3.8) is 0 Å². The molecule has 0 bridgehead atoms. The highest BCUT2D eigenvalue weighted by Gasteiger charge is 2.18. The van der Waals surface area contributed by atoms with Crippen LogP contribution in [0, 0.1) is 6.92 Å². The Morgan fingerprint density at radius 3 is 2.39 bits per heavy atom. The zero-order valence-electron chi connectivity index (χ0n) is 14.2. The normalized spacial score (nSPS) is 11.7. The molecule has 3 rings (SSSR count). The summed E-state index contributed by atoms with van der Waals surface area (Å²) in [5, 5.41) is 0. The molecule has 0 aliphatic heterocycles. The van der Waals surface area contributed by atoms with Crippen molar-refractivity contribution in [1.82, 2.24) is 24.5 Å². The number of hydrogen-bond donors (Lipinski definition) is 0. The molecule has 0 radical (unpaired) electrons. The minimum absolute atomic E-state index is 0.105. The van der Waals surface area contributed by atoms with E-state index in [2.05, 4.69) is 52.8 Å². The summed E-state index contributed by atoms with van der Waals surface area (Å²) < 4.78 is 2.03. The van der Waals surface area contributed by atoms with E-state index in [-0.39, 0.29) is 5.41 Å². The molecule has 5 nitrogen and oxygen atoms in total. The third-order valence-corrected chi connectivity index (χ3v) is 3.62. The number of aryl methyl sites for hydroxylation is 2. The third-order valence-electron chi connectivity index (χ3n) is 3.62. The lowest BCUT2D eigenvalue weighted by atomic mass is 9.96. The van der Waals surface area contributed by atoms with Gasteiger partial charge in [-0.25, -0.2) is 19.9 Å². The maximum absolute atomic E-state index is 4.63. The number of aromatic nitrogens is 5. The van der Waals surface area contributed by atoms with Gasteiger partial charge in [0.1, 0.15) is 18.0 Å². The van der Waals surface area contributed by atoms with Gasteiger partial charge >= 0.3 is 0 Å². The van der Waals surface area contributed by atoms with Gasteiger partial charge in [-0.05, 0) is 13.0 Å². The molecule has 0 atom stereocenters. The molecule has 2 heterocycles. The predicted octanol–water partition coefficient (Wildman–Crippen LogP) is 3.55. The van der Waals surface area contributed by atoms with Crippen molar-refractivity contribution in [2.75, 3.05) is 0 Å². The summed E-state index contributed by atoms with van der Waals surface area (Å²) in [4.78, 5) is 17.8. The molecule has 0 N–H and O–H groups in total. The van der Waals surface area contributed by atoms with Crippen molar-refractivity contribution in [2.24, 2.45) is 7.05 Å². The second kappa shape index (κ2) is 5.57. The van der Waals surface area contributed by atoms with E-state index in [1.165, 1.54) is 0 Å². The third kappa shape index (κ3) is 3.13. The summed E-state index contributed by atoms with van der Waals surface area (Å²) in [6.07, 6.45) is 3.60. The molecule has 118 valence electrons. The van der Waals surface area contributed by atoms with Crippen LogP contribution in [0.1, 0.15) is 32.3 Å². The second-order valence-corrected chi connectivity index (χ2v) is 6.78. The lowest BCUT2D eigenvalue weighted by Gasteiger charge is -2.16. The molecule has 0 saturated carbocycles. The van der Waals surface area contributed by atoms with Crippen molar-refractivity contribution in [3.8, 4) is 22.8 Å². The van der Waals surface area contributed by atoms with Crippen LogP contribution in [0.3, 0.4) is 0 Å². The molecule has 23 heavy (non-hydrogen) atoms. The average molecular weight is 307 g/mol. The zero-order chi connectivity index (χ0) is 16.6. The molecule has 0 unspecified atom stereocenters. The van der Waals surface area contributed by atoms with Crippen LogP contribution in [0.5, 0.6) is 0 Å². The fraction of sp³-hybridized carbons (Fsp3) is 0.333. The monoisotopic (exact) mass is 307 g/mol. The summed E-state index contributed by atoms with van der Waals surface area (Å²) in [6.45, 7) is 8.28. The van der Waals surface area contributed by atoms with E-state index in [0.29, 0.717) is 5.82 Å². The van der Waals surface area contributed by atoms with Crippen molar-refractivity contribution >= 4 is 0 Å². The smallest absolute Gasteiger partial charge is 0.163 e. The van der Waals surface area contributed by atoms with Gasteiger partial charge in [-0.15, -0.1) is 0 Å². The van der Waals surface area contributed by atoms with Crippen LogP contribution >= 0.6 is 0 Å². The number of benzene rings is 1. The first-order valence-electron chi connectivity index (χ1n) is 7.65. The number of hydrogen-bond acceptors (Lipinski definition) is 4. The number of nitrogens with zero attached hydrogens (tertiary/aromatic N) is 5. The van der Waals surface area contributed by atoms with Gasteiger partial charge in [-0.3, -0.25) is 0 Å². The Morgan fingerprint density at radius 2 is 1.74 bits per heavy atom. The van der Waals surface area contributed by atoms with E-state index in [1.54, 1.807) is 6.33 Å². The SMILES string of the molecule is Cc1cn(C)c(-c2cccc(-c3ncnc(C(C)(C)C)n3)c2)n1. The van der Waals surface area contributed by atoms with Gasteiger partial charge in [0.05, 0.1) is 5.69 Å². The Labute approximate surface area is 136 Å². The van der Waals surface area contributed by atoms with Crippen LogP contribution in [0.25, 0.3) is 22.8 Å². The summed E-state index contributed by atoms with van der Waals surface area (Å²) in [5.74, 6) is 2.42. The molecule has 0 spiro atoms. The molecule has 0 fully saturated rings. The van der Waals surface area contributed by atoms with E-state index < -0.39 is 0 Å². The van der Waals surface area contributed by atoms with E-state index in [1.807, 2.05) is 36.9 Å². The fourth-order valence-electron chi connectivity index (χ4n) is 2.48. The highest BCUT2D eigenvalue weighted by molar-refractivity contribution is 5.66. The maximum Gasteiger partial charge on any atom is 0.163 e. The first-order valence-corrected chi connectivity index (χ1v) is 7.65. The zero-order valence-corrected chi connectivity index (χ0v) is 14.2. The van der Waals surface area contributed by atoms with Crippen LogP contribution in [0.15, 0.2) is 36.8 Å². The van der Waals surface area contributed by atoms with Gasteiger partial charge in [0, 0.05) is 29.8 Å². The van der Waals surface area contributed by atoms with Gasteiger partial charge in [-0.1, -0.05) is 39.0 Å². The largest absolute Gasteiger partial charge is 0.334 e. The highest BCUT2D eigenvalue weighted by Crippen LogP contribution is 2.25. The molecule has 0 aliphatic carbocycles. The minimum atomic E-state index is -0.105. The Balaban J connectivity index is 2.05. The quantitative estimate of drug-likeness (QED) is 0.726. The number of imidazole rings is 1. The molecule has 0 aliphatic rings. The maximum atomic E-state index is 4.63. The van der Waals surface area contributed by atoms with Crippen LogP contribution < -0.4 is 0 Å². The van der Waals surface area contributed by atoms with E-state index in [0.717, 1.165) is 28.5 Å². The summed E-state index contributed by atoms with van der Waals surface area (Å²) in [5.41, 5.74) is 2.92. The first-order chi connectivity index (χ1) is 10.8. The van der Waals surface area contributed by atoms with Gasteiger partial charge < -0.3 is 4.57 Å². The summed E-state index contributed by atoms with van der Waals surface area (Å²) in [7, 11) is 2.00. The molecular formula is C18H21N5. The summed E-state index contributed by atoms with van der Waals surface area (Å²) >= 11 is 0. The van der Waals surface area contributed by atoms with Crippen LogP contribution in [0.4, 0.5) is 0 Å². The lowest BCUT2D eigenvalue weighted by Crippen LogP contribution is -2.16. The Bertz CT molecular complexity index is 843. The predicted molar refractivity (Wildman–Crippen MR) is 90.9 cm³/mol. The van der Waals surface area contributed by atoms with Gasteiger partial charge in [0.15, 0.2) is 5.82 Å². The molecule has 3 aromatic rings. The Hall–Kier alpha value is -2.56. The van der Waals surface area contributed by atoms with Crippen molar-refractivity contribution in [1.29, 1.82) is 0 Å². The Morgan fingerprint density at radius 1 is 1.00 bits per heavy atom. The van der Waals surface area contributed by atoms with Gasteiger partial charge in [0.25, 0.3) is 0 Å². The van der Waals surface area contributed by atoms with Crippen molar-refractivity contribution < 1.29 is 0 Å². The molecule has 0 saturated heterocycles. The van der Waals surface area contributed by atoms with Gasteiger partial charge in [-0.2, -0.15) is 0 Å². The minimum Gasteiger partial charge on any atom is -0.334 e. The van der Waals surface area contributed by atoms with Crippen LogP contribution in [-0.2, 0) is 12.5 Å². The van der Waals surface area contributed by atoms with Gasteiger partial charge in [0.2, 0.25) is 0 Å². The van der Waals surface area contributed by atoms with E-state index in [4.69, 9.17) is 0 Å². The lowest BCUT2D eigenvalue weighted by molar-refractivity contribution is 0.542. The molecular weight excluding hydrogens is 286 g/mol. The highest BCUT2D eigenvalue weighted by atomic mass is 15.0. The van der Waals surface area contributed by atoms with E-state index >= 15 is 0 Å². The Kier molecular flexibility index (Phi) is 3.72. The fourth-order valence-corrected chi connectivity index (χ4v) is 2.48.